The maximum Gasteiger partial charge on any atom is 0.144 e. The van der Waals surface area contributed by atoms with Gasteiger partial charge in [-0.25, -0.2) is 0 Å². The van der Waals surface area contributed by atoms with Crippen LogP contribution >= 0.6 is 0 Å². The first-order valence-corrected chi connectivity index (χ1v) is 4.11. The van der Waals surface area contributed by atoms with E-state index in [1.807, 2.05) is 41.9 Å². The van der Waals surface area contributed by atoms with Gasteiger partial charge in [-0.15, -0.1) is 0 Å². The highest BCUT2D eigenvalue weighted by Gasteiger charge is 2.04. The SMILES string of the molecule is [B]c1ncn(C)c1-c1ccccc1. The summed E-state index contributed by atoms with van der Waals surface area (Å²) in [5.74, 6) is 0. The Morgan fingerprint density at radius 1 is 1.23 bits per heavy atom. The number of imidazole rings is 1. The van der Waals surface area contributed by atoms with E-state index in [4.69, 9.17) is 7.85 Å². The van der Waals surface area contributed by atoms with Crippen LogP contribution in [0.3, 0.4) is 0 Å². The maximum atomic E-state index is 5.74. The molecule has 3 heteroatoms. The highest BCUT2D eigenvalue weighted by atomic mass is 15.0. The van der Waals surface area contributed by atoms with Gasteiger partial charge >= 0.3 is 0 Å². The predicted octanol–water partition coefficient (Wildman–Crippen LogP) is 0.881. The molecule has 2 rings (SSSR count). The summed E-state index contributed by atoms with van der Waals surface area (Å²) in [6, 6.07) is 10.0. The molecule has 1 aromatic heterocycles. The smallest absolute Gasteiger partial charge is 0.144 e. The quantitative estimate of drug-likeness (QED) is 0.578. The molecule has 0 unspecified atom stereocenters. The van der Waals surface area contributed by atoms with Gasteiger partial charge in [-0.05, 0) is 5.56 Å². The van der Waals surface area contributed by atoms with Gasteiger partial charge in [-0.2, -0.15) is 0 Å². The van der Waals surface area contributed by atoms with Crippen molar-refractivity contribution in [3.63, 3.8) is 0 Å². The van der Waals surface area contributed by atoms with Crippen LogP contribution < -0.4 is 5.59 Å². The van der Waals surface area contributed by atoms with Gasteiger partial charge in [0.05, 0.1) is 12.0 Å². The molecular formula is C10H9BN2. The summed E-state index contributed by atoms with van der Waals surface area (Å²) in [6.45, 7) is 0. The summed E-state index contributed by atoms with van der Waals surface area (Å²) in [6.07, 6.45) is 1.72. The number of hydrogen-bond acceptors (Lipinski definition) is 1. The fourth-order valence-corrected chi connectivity index (χ4v) is 1.40. The van der Waals surface area contributed by atoms with E-state index in [9.17, 15) is 0 Å². The molecule has 1 aromatic carbocycles. The Morgan fingerprint density at radius 3 is 2.46 bits per heavy atom. The molecule has 0 saturated carbocycles. The molecule has 0 aliphatic rings. The van der Waals surface area contributed by atoms with Gasteiger partial charge in [0.2, 0.25) is 0 Å². The van der Waals surface area contributed by atoms with Crippen molar-refractivity contribution < 1.29 is 0 Å². The molecule has 62 valence electrons. The number of hydrogen-bond donors (Lipinski definition) is 0. The third kappa shape index (κ3) is 1.37. The van der Waals surface area contributed by atoms with E-state index >= 15 is 0 Å². The van der Waals surface area contributed by atoms with E-state index in [0.29, 0.717) is 5.59 Å². The van der Waals surface area contributed by atoms with Crippen LogP contribution in [-0.4, -0.2) is 17.4 Å². The van der Waals surface area contributed by atoms with Crippen molar-refractivity contribution >= 4 is 13.4 Å². The van der Waals surface area contributed by atoms with Gasteiger partial charge in [-0.3, -0.25) is 4.98 Å². The lowest BCUT2D eigenvalue weighted by molar-refractivity contribution is 0.921. The molecule has 2 radical (unpaired) electrons. The van der Waals surface area contributed by atoms with Crippen molar-refractivity contribution in [3.05, 3.63) is 36.7 Å². The van der Waals surface area contributed by atoms with E-state index in [2.05, 4.69) is 4.98 Å². The minimum absolute atomic E-state index is 0.578. The van der Waals surface area contributed by atoms with Gasteiger partial charge in [0.25, 0.3) is 0 Å². The second-order valence-corrected chi connectivity index (χ2v) is 2.96. The highest BCUT2D eigenvalue weighted by molar-refractivity contribution is 6.34. The third-order valence-electron chi connectivity index (χ3n) is 2.01. The molecule has 0 atom stereocenters. The molecule has 2 nitrogen and oxygen atoms in total. The van der Waals surface area contributed by atoms with Crippen LogP contribution in [0.25, 0.3) is 11.3 Å². The molecule has 0 spiro atoms. The summed E-state index contributed by atoms with van der Waals surface area (Å²) in [7, 11) is 7.68. The second kappa shape index (κ2) is 3.09. The molecule has 13 heavy (non-hydrogen) atoms. The summed E-state index contributed by atoms with van der Waals surface area (Å²) >= 11 is 0. The number of aryl methyl sites for hydroxylation is 1. The molecule has 0 bridgehead atoms. The summed E-state index contributed by atoms with van der Waals surface area (Å²) in [5.41, 5.74) is 2.65. The van der Waals surface area contributed by atoms with Crippen LogP contribution in [0.1, 0.15) is 0 Å². The average Bonchev–Trinajstić information content (AvgIpc) is 2.48. The van der Waals surface area contributed by atoms with Crippen molar-refractivity contribution in [2.75, 3.05) is 0 Å². The Bertz CT molecular complexity index is 387. The summed E-state index contributed by atoms with van der Waals surface area (Å²) in [5, 5.41) is 0. The van der Waals surface area contributed by atoms with Crippen molar-refractivity contribution in [1.82, 2.24) is 9.55 Å². The Kier molecular flexibility index (Phi) is 1.93. The van der Waals surface area contributed by atoms with Crippen LogP contribution in [0.15, 0.2) is 36.7 Å². The molecule has 2 aromatic rings. The lowest BCUT2D eigenvalue weighted by Gasteiger charge is -2.03. The fraction of sp³-hybridized carbons (Fsp3) is 0.100. The number of aromatic nitrogens is 2. The molecule has 0 aliphatic heterocycles. The first-order valence-electron chi connectivity index (χ1n) is 4.11. The topological polar surface area (TPSA) is 17.8 Å². The third-order valence-corrected chi connectivity index (χ3v) is 2.01. The standard InChI is InChI=1S/C10H9BN2/c1-13-7-12-10(11)9(13)8-5-3-2-4-6-8/h2-7H,1H3. The molecule has 0 aliphatic carbocycles. The van der Waals surface area contributed by atoms with Crippen LogP contribution in [0, 0.1) is 0 Å². The Balaban J connectivity index is 2.59. The minimum Gasteiger partial charge on any atom is -0.334 e. The zero-order valence-electron chi connectivity index (χ0n) is 7.44. The van der Waals surface area contributed by atoms with E-state index in [-0.39, 0.29) is 0 Å². The maximum absolute atomic E-state index is 5.74. The minimum atomic E-state index is 0.578. The van der Waals surface area contributed by atoms with Gasteiger partial charge in [-0.1, -0.05) is 30.3 Å². The molecule has 0 N–H and O–H groups in total. The monoisotopic (exact) mass is 168 g/mol. The van der Waals surface area contributed by atoms with Crippen LogP contribution in [0.5, 0.6) is 0 Å². The van der Waals surface area contributed by atoms with E-state index < -0.39 is 0 Å². The van der Waals surface area contributed by atoms with E-state index in [1.54, 1.807) is 6.33 Å². The highest BCUT2D eigenvalue weighted by Crippen LogP contribution is 2.14. The van der Waals surface area contributed by atoms with Crippen LogP contribution in [-0.2, 0) is 7.05 Å². The summed E-state index contributed by atoms with van der Waals surface area (Å²) < 4.78 is 1.92. The van der Waals surface area contributed by atoms with Gasteiger partial charge in [0.15, 0.2) is 0 Å². The normalized spacial score (nSPS) is 10.2. The predicted molar refractivity (Wildman–Crippen MR) is 54.0 cm³/mol. The zero-order valence-corrected chi connectivity index (χ0v) is 7.44. The molecule has 0 saturated heterocycles. The van der Waals surface area contributed by atoms with Crippen LogP contribution in [0.4, 0.5) is 0 Å². The van der Waals surface area contributed by atoms with Gasteiger partial charge in [0.1, 0.15) is 7.85 Å². The number of nitrogens with zero attached hydrogens (tertiary/aromatic N) is 2. The zero-order chi connectivity index (χ0) is 9.26. The number of benzene rings is 1. The summed E-state index contributed by atoms with van der Waals surface area (Å²) in [4.78, 5) is 4.03. The number of rotatable bonds is 1. The second-order valence-electron chi connectivity index (χ2n) is 2.96. The molecule has 0 fully saturated rings. The van der Waals surface area contributed by atoms with E-state index in [0.717, 1.165) is 11.3 Å². The van der Waals surface area contributed by atoms with E-state index in [1.165, 1.54) is 0 Å². The lowest BCUT2D eigenvalue weighted by atomic mass is 9.98. The van der Waals surface area contributed by atoms with Crippen molar-refractivity contribution in [2.24, 2.45) is 7.05 Å². The van der Waals surface area contributed by atoms with Crippen molar-refractivity contribution in [3.8, 4) is 11.3 Å². The molecular weight excluding hydrogens is 159 g/mol. The van der Waals surface area contributed by atoms with Crippen molar-refractivity contribution in [1.29, 1.82) is 0 Å². The molecule has 0 amide bonds. The lowest BCUT2D eigenvalue weighted by Crippen LogP contribution is -2.07. The Labute approximate surface area is 78.6 Å². The average molecular weight is 168 g/mol. The fourth-order valence-electron chi connectivity index (χ4n) is 1.40. The molecule has 1 heterocycles. The largest absolute Gasteiger partial charge is 0.334 e. The first-order chi connectivity index (χ1) is 6.29. The van der Waals surface area contributed by atoms with Crippen LogP contribution in [0.2, 0.25) is 0 Å². The Hall–Kier alpha value is -1.51. The van der Waals surface area contributed by atoms with Gasteiger partial charge in [0, 0.05) is 12.6 Å². The Morgan fingerprint density at radius 2 is 1.92 bits per heavy atom. The van der Waals surface area contributed by atoms with Gasteiger partial charge < -0.3 is 4.57 Å². The first kappa shape index (κ1) is 8.11. The van der Waals surface area contributed by atoms with Crippen molar-refractivity contribution in [2.45, 2.75) is 0 Å².